The molecule has 0 fully saturated rings. The van der Waals surface area contributed by atoms with Gasteiger partial charge in [-0.1, -0.05) is 12.1 Å². The van der Waals surface area contributed by atoms with Crippen LogP contribution in [0.5, 0.6) is 0 Å². The lowest BCUT2D eigenvalue weighted by Crippen LogP contribution is -2.14. The van der Waals surface area contributed by atoms with Crippen LogP contribution in [0.3, 0.4) is 0 Å². The number of hydrogen-bond acceptors (Lipinski definition) is 8. The number of sulfone groups is 1. The van der Waals surface area contributed by atoms with Gasteiger partial charge in [-0.15, -0.1) is 0 Å². The molecule has 0 radical (unpaired) electrons. The summed E-state index contributed by atoms with van der Waals surface area (Å²) in [5.41, 5.74) is 0.219. The molecule has 0 saturated carbocycles. The quantitative estimate of drug-likeness (QED) is 0.561. The first kappa shape index (κ1) is 21.5. The topological polar surface area (TPSA) is 110 Å². The van der Waals surface area contributed by atoms with Gasteiger partial charge in [0.1, 0.15) is 11.4 Å². The van der Waals surface area contributed by atoms with E-state index < -0.39 is 16.3 Å². The van der Waals surface area contributed by atoms with Crippen molar-refractivity contribution in [1.82, 2.24) is 19.9 Å². The largest absolute Gasteiger partial charge is 0.352 e. The van der Waals surface area contributed by atoms with Gasteiger partial charge < -0.3 is 10.6 Å². The molecule has 3 rings (SSSR count). The highest BCUT2D eigenvalue weighted by Gasteiger charge is 2.15. The molecule has 0 aliphatic rings. The van der Waals surface area contributed by atoms with E-state index in [9.17, 15) is 17.2 Å². The minimum Gasteiger partial charge on any atom is -0.352 e. The molecule has 3 aromatic rings. The lowest BCUT2D eigenvalue weighted by Gasteiger charge is -2.12. The Balaban J connectivity index is 0.00000256. The van der Waals surface area contributed by atoms with E-state index in [-0.39, 0.29) is 42.9 Å². The summed E-state index contributed by atoms with van der Waals surface area (Å²) in [4.78, 5) is 16.9. The highest BCUT2D eigenvalue weighted by Crippen LogP contribution is 2.23. The van der Waals surface area contributed by atoms with Crippen molar-refractivity contribution >= 4 is 27.4 Å². The number of nitrogens with zero attached hydrogens (tertiary/aromatic N) is 4. The van der Waals surface area contributed by atoms with Crippen LogP contribution in [0.25, 0.3) is 11.5 Å². The van der Waals surface area contributed by atoms with Crippen LogP contribution in [0.1, 0.15) is 28.8 Å². The van der Waals surface area contributed by atoms with E-state index in [1.54, 1.807) is 12.1 Å². The number of aromatic nitrogens is 4. The van der Waals surface area contributed by atoms with Crippen LogP contribution in [0.15, 0.2) is 47.4 Å². The highest BCUT2D eigenvalue weighted by atomic mass is 32.2. The zero-order valence-electron chi connectivity index (χ0n) is 16.5. The standard InChI is InChI=1S/C19H20F2N6O2S.2H2/c1-11(2)22-18-25-17(15-9-5-8-14(24-15)16(20)21)26-19(27-18)23-12-6-4-7-13(10-12)30(3,28)29;;/h4-11,16H,1-3H3,(H2,22,23,25,26,27);2*1H. The Labute approximate surface area is 175 Å². The molecule has 2 heterocycles. The predicted molar refractivity (Wildman–Crippen MR) is 114 cm³/mol. The van der Waals surface area contributed by atoms with Crippen molar-refractivity contribution in [1.29, 1.82) is 0 Å². The number of halogens is 2. The molecule has 0 amide bonds. The number of rotatable bonds is 7. The van der Waals surface area contributed by atoms with E-state index in [0.29, 0.717) is 5.69 Å². The molecule has 2 N–H and O–H groups in total. The van der Waals surface area contributed by atoms with Gasteiger partial charge in [-0.2, -0.15) is 15.0 Å². The summed E-state index contributed by atoms with van der Waals surface area (Å²) in [6.07, 6.45) is -1.61. The van der Waals surface area contributed by atoms with Crippen LogP contribution < -0.4 is 10.6 Å². The maximum Gasteiger partial charge on any atom is 0.280 e. The second-order valence-corrected chi connectivity index (χ2v) is 8.79. The molecule has 162 valence electrons. The fourth-order valence-electron chi connectivity index (χ4n) is 2.50. The van der Waals surface area contributed by atoms with Gasteiger partial charge in [0.05, 0.1) is 4.90 Å². The normalized spacial score (nSPS) is 11.7. The SMILES string of the molecule is CC(C)Nc1nc(Nc2cccc(S(C)(=O)=O)c2)nc(-c2cccc(C(F)F)n2)n1.[HH].[HH]. The first-order chi connectivity index (χ1) is 14.1. The molecular weight excluding hydrogens is 414 g/mol. The van der Waals surface area contributed by atoms with Gasteiger partial charge in [0, 0.05) is 20.8 Å². The smallest absolute Gasteiger partial charge is 0.280 e. The monoisotopic (exact) mass is 438 g/mol. The Morgan fingerprint density at radius 1 is 0.967 bits per heavy atom. The van der Waals surface area contributed by atoms with E-state index in [1.165, 1.54) is 30.3 Å². The van der Waals surface area contributed by atoms with Gasteiger partial charge in [0.2, 0.25) is 11.9 Å². The minimum atomic E-state index is -3.39. The van der Waals surface area contributed by atoms with E-state index in [1.807, 2.05) is 13.8 Å². The lowest BCUT2D eigenvalue weighted by atomic mass is 10.3. The van der Waals surface area contributed by atoms with Crippen molar-refractivity contribution in [2.75, 3.05) is 16.9 Å². The summed E-state index contributed by atoms with van der Waals surface area (Å²) < 4.78 is 49.6. The molecule has 30 heavy (non-hydrogen) atoms. The molecule has 0 aliphatic heterocycles. The molecule has 0 saturated heterocycles. The van der Waals surface area contributed by atoms with Gasteiger partial charge in [0.15, 0.2) is 15.7 Å². The number of anilines is 3. The van der Waals surface area contributed by atoms with E-state index in [0.717, 1.165) is 6.26 Å². The van der Waals surface area contributed by atoms with E-state index >= 15 is 0 Å². The molecule has 0 spiro atoms. The maximum absolute atomic E-state index is 13.0. The van der Waals surface area contributed by atoms with Crippen molar-refractivity contribution in [2.24, 2.45) is 0 Å². The van der Waals surface area contributed by atoms with Crippen LogP contribution in [-0.4, -0.2) is 40.7 Å². The zero-order chi connectivity index (χ0) is 21.9. The Hall–Kier alpha value is -3.21. The molecule has 11 heteroatoms. The Kier molecular flexibility index (Phi) is 6.20. The van der Waals surface area contributed by atoms with Gasteiger partial charge in [-0.3, -0.25) is 0 Å². The summed E-state index contributed by atoms with van der Waals surface area (Å²) in [7, 11) is -3.39. The molecule has 0 bridgehead atoms. The average Bonchev–Trinajstić information content (AvgIpc) is 2.67. The predicted octanol–water partition coefficient (Wildman–Crippen LogP) is 4.33. The van der Waals surface area contributed by atoms with Crippen molar-refractivity contribution in [3.63, 3.8) is 0 Å². The van der Waals surface area contributed by atoms with Gasteiger partial charge in [-0.05, 0) is 44.2 Å². The van der Waals surface area contributed by atoms with Crippen molar-refractivity contribution < 1.29 is 20.1 Å². The van der Waals surface area contributed by atoms with Crippen LogP contribution in [0, 0.1) is 0 Å². The van der Waals surface area contributed by atoms with Crippen LogP contribution in [0.2, 0.25) is 0 Å². The number of alkyl halides is 2. The molecular formula is C19H24F2N6O2S. The number of pyridine rings is 1. The Bertz CT molecular complexity index is 1170. The third-order valence-corrected chi connectivity index (χ3v) is 4.91. The van der Waals surface area contributed by atoms with Crippen molar-refractivity contribution in [2.45, 2.75) is 31.2 Å². The number of benzene rings is 1. The third kappa shape index (κ3) is 5.44. The summed E-state index contributed by atoms with van der Waals surface area (Å²) in [5, 5.41) is 5.98. The average molecular weight is 439 g/mol. The van der Waals surface area contributed by atoms with Crippen LogP contribution in [-0.2, 0) is 9.84 Å². The summed E-state index contributed by atoms with van der Waals surface area (Å²) in [5.74, 6) is 0.427. The first-order valence-electron chi connectivity index (χ1n) is 8.97. The molecule has 2 aromatic heterocycles. The van der Waals surface area contributed by atoms with Crippen LogP contribution >= 0.6 is 0 Å². The van der Waals surface area contributed by atoms with Crippen LogP contribution in [0.4, 0.5) is 26.4 Å². The fourth-order valence-corrected chi connectivity index (χ4v) is 3.17. The zero-order valence-corrected chi connectivity index (χ0v) is 17.3. The highest BCUT2D eigenvalue weighted by molar-refractivity contribution is 7.90. The summed E-state index contributed by atoms with van der Waals surface area (Å²) in [6, 6.07) is 10.4. The van der Waals surface area contributed by atoms with Gasteiger partial charge in [-0.25, -0.2) is 22.2 Å². The summed E-state index contributed by atoms with van der Waals surface area (Å²) >= 11 is 0. The second kappa shape index (κ2) is 8.66. The lowest BCUT2D eigenvalue weighted by molar-refractivity contribution is 0.146. The Morgan fingerprint density at radius 2 is 1.67 bits per heavy atom. The maximum atomic E-state index is 13.0. The second-order valence-electron chi connectivity index (χ2n) is 6.78. The van der Waals surface area contributed by atoms with Crippen molar-refractivity contribution in [3.8, 4) is 11.5 Å². The molecule has 1 aromatic carbocycles. The van der Waals surface area contributed by atoms with Gasteiger partial charge >= 0.3 is 0 Å². The summed E-state index contributed by atoms with van der Waals surface area (Å²) in [6.45, 7) is 3.78. The Morgan fingerprint density at radius 3 is 2.33 bits per heavy atom. The number of nitrogens with one attached hydrogen (secondary N) is 2. The minimum absolute atomic E-state index is 0. The van der Waals surface area contributed by atoms with E-state index in [4.69, 9.17) is 0 Å². The molecule has 8 nitrogen and oxygen atoms in total. The fraction of sp³-hybridized carbons (Fsp3) is 0.263. The van der Waals surface area contributed by atoms with Gasteiger partial charge in [0.25, 0.3) is 6.43 Å². The molecule has 0 unspecified atom stereocenters. The molecule has 0 aliphatic carbocycles. The first-order valence-corrected chi connectivity index (χ1v) is 10.9. The van der Waals surface area contributed by atoms with E-state index in [2.05, 4.69) is 30.6 Å². The number of hydrogen-bond donors (Lipinski definition) is 2. The van der Waals surface area contributed by atoms with Crippen molar-refractivity contribution in [3.05, 3.63) is 48.2 Å². The third-order valence-electron chi connectivity index (χ3n) is 3.79. The molecule has 0 atom stereocenters.